The van der Waals surface area contributed by atoms with Gasteiger partial charge in [-0.3, -0.25) is 4.68 Å². The molecule has 2 N–H and O–H groups in total. The average Bonchev–Trinajstić information content (AvgIpc) is 2.41. The number of aryl methyl sites for hydroxylation is 1. The maximum absolute atomic E-state index is 5.32. The lowest BCUT2D eigenvalue weighted by Crippen LogP contribution is -2.13. The molecule has 4 nitrogen and oxygen atoms in total. The SMILES string of the molecule is Cc1nn(CCOCCN)c(C)c1C. The third-order valence-electron chi connectivity index (χ3n) is 2.45. The first kappa shape index (κ1) is 11.2. The van der Waals surface area contributed by atoms with E-state index in [0.29, 0.717) is 19.8 Å². The average molecular weight is 197 g/mol. The van der Waals surface area contributed by atoms with Crippen molar-refractivity contribution in [2.45, 2.75) is 27.3 Å². The zero-order valence-electron chi connectivity index (χ0n) is 9.21. The molecule has 0 spiro atoms. The van der Waals surface area contributed by atoms with Crippen LogP contribution >= 0.6 is 0 Å². The molecule has 0 amide bonds. The quantitative estimate of drug-likeness (QED) is 0.710. The first-order valence-electron chi connectivity index (χ1n) is 4.95. The summed E-state index contributed by atoms with van der Waals surface area (Å²) in [6, 6.07) is 0. The summed E-state index contributed by atoms with van der Waals surface area (Å²) in [6.07, 6.45) is 0. The van der Waals surface area contributed by atoms with E-state index in [1.54, 1.807) is 0 Å². The van der Waals surface area contributed by atoms with Crippen molar-refractivity contribution >= 4 is 0 Å². The fourth-order valence-corrected chi connectivity index (χ4v) is 1.34. The molecule has 1 aromatic rings. The van der Waals surface area contributed by atoms with Crippen molar-refractivity contribution < 1.29 is 4.74 Å². The molecule has 80 valence electrons. The smallest absolute Gasteiger partial charge is 0.0663 e. The minimum Gasteiger partial charge on any atom is -0.378 e. The molecule has 0 aliphatic rings. The summed E-state index contributed by atoms with van der Waals surface area (Å²) in [6.45, 7) is 8.89. The van der Waals surface area contributed by atoms with E-state index in [1.165, 1.54) is 11.3 Å². The fourth-order valence-electron chi connectivity index (χ4n) is 1.34. The van der Waals surface area contributed by atoms with Gasteiger partial charge in [0.2, 0.25) is 0 Å². The maximum atomic E-state index is 5.32. The van der Waals surface area contributed by atoms with Crippen LogP contribution in [0.2, 0.25) is 0 Å². The van der Waals surface area contributed by atoms with Crippen LogP contribution in [-0.4, -0.2) is 29.5 Å². The zero-order valence-corrected chi connectivity index (χ0v) is 9.21. The second-order valence-electron chi connectivity index (χ2n) is 3.42. The van der Waals surface area contributed by atoms with Crippen molar-refractivity contribution in [3.05, 3.63) is 17.0 Å². The molecule has 0 saturated heterocycles. The van der Waals surface area contributed by atoms with Gasteiger partial charge < -0.3 is 10.5 Å². The first-order chi connectivity index (χ1) is 6.66. The summed E-state index contributed by atoms with van der Waals surface area (Å²) in [5.74, 6) is 0. The largest absolute Gasteiger partial charge is 0.378 e. The maximum Gasteiger partial charge on any atom is 0.0663 e. The van der Waals surface area contributed by atoms with E-state index in [9.17, 15) is 0 Å². The van der Waals surface area contributed by atoms with Crippen LogP contribution in [0, 0.1) is 20.8 Å². The predicted octanol–water partition coefficient (Wildman–Crippen LogP) is 0.784. The van der Waals surface area contributed by atoms with Crippen LogP contribution in [0.3, 0.4) is 0 Å². The van der Waals surface area contributed by atoms with Crippen molar-refractivity contribution in [3.63, 3.8) is 0 Å². The molecule has 0 unspecified atom stereocenters. The summed E-state index contributed by atoms with van der Waals surface area (Å²) in [5.41, 5.74) is 8.91. The first-order valence-corrected chi connectivity index (χ1v) is 4.95. The molecule has 1 heterocycles. The Morgan fingerprint density at radius 2 is 2.00 bits per heavy atom. The lowest BCUT2D eigenvalue weighted by Gasteiger charge is -2.05. The summed E-state index contributed by atoms with van der Waals surface area (Å²) in [5, 5.41) is 4.41. The van der Waals surface area contributed by atoms with E-state index < -0.39 is 0 Å². The van der Waals surface area contributed by atoms with E-state index in [4.69, 9.17) is 10.5 Å². The third kappa shape index (κ3) is 2.56. The van der Waals surface area contributed by atoms with Crippen LogP contribution in [0.25, 0.3) is 0 Å². The molecule has 0 aliphatic heterocycles. The van der Waals surface area contributed by atoms with Gasteiger partial charge in [0.25, 0.3) is 0 Å². The Balaban J connectivity index is 2.47. The molecule has 0 aromatic carbocycles. The van der Waals surface area contributed by atoms with Gasteiger partial charge in [-0.1, -0.05) is 0 Å². The number of hydrogen-bond donors (Lipinski definition) is 1. The van der Waals surface area contributed by atoms with Crippen LogP contribution in [-0.2, 0) is 11.3 Å². The van der Waals surface area contributed by atoms with Gasteiger partial charge in [0.15, 0.2) is 0 Å². The number of ether oxygens (including phenoxy) is 1. The van der Waals surface area contributed by atoms with E-state index in [-0.39, 0.29) is 0 Å². The van der Waals surface area contributed by atoms with Gasteiger partial charge in [0.05, 0.1) is 25.5 Å². The molecule has 0 bridgehead atoms. The number of aromatic nitrogens is 2. The van der Waals surface area contributed by atoms with E-state index in [2.05, 4.69) is 18.9 Å². The summed E-state index contributed by atoms with van der Waals surface area (Å²) in [7, 11) is 0. The molecule has 0 fully saturated rings. The van der Waals surface area contributed by atoms with Gasteiger partial charge in [-0.05, 0) is 26.3 Å². The van der Waals surface area contributed by atoms with Crippen LogP contribution in [0.1, 0.15) is 17.0 Å². The van der Waals surface area contributed by atoms with E-state index >= 15 is 0 Å². The molecule has 4 heteroatoms. The highest BCUT2D eigenvalue weighted by molar-refractivity contribution is 5.21. The number of nitrogens with zero attached hydrogens (tertiary/aromatic N) is 2. The Hall–Kier alpha value is -0.870. The van der Waals surface area contributed by atoms with Crippen molar-refractivity contribution in [2.24, 2.45) is 5.73 Å². The topological polar surface area (TPSA) is 53.1 Å². The second-order valence-corrected chi connectivity index (χ2v) is 3.42. The Kier molecular flexibility index (Phi) is 4.10. The van der Waals surface area contributed by atoms with Gasteiger partial charge in [-0.15, -0.1) is 0 Å². The molecule has 0 atom stereocenters. The Labute approximate surface area is 85.0 Å². The Morgan fingerprint density at radius 1 is 1.29 bits per heavy atom. The predicted molar refractivity (Wildman–Crippen MR) is 56.3 cm³/mol. The van der Waals surface area contributed by atoms with Crippen molar-refractivity contribution in [3.8, 4) is 0 Å². The van der Waals surface area contributed by atoms with Crippen LogP contribution < -0.4 is 5.73 Å². The molecular formula is C10H19N3O. The van der Waals surface area contributed by atoms with Gasteiger partial charge in [0.1, 0.15) is 0 Å². The second kappa shape index (κ2) is 5.12. The molecule has 0 radical (unpaired) electrons. The van der Waals surface area contributed by atoms with Crippen molar-refractivity contribution in [2.75, 3.05) is 19.8 Å². The highest BCUT2D eigenvalue weighted by atomic mass is 16.5. The highest BCUT2D eigenvalue weighted by Gasteiger charge is 2.05. The fraction of sp³-hybridized carbons (Fsp3) is 0.700. The molecule has 0 aliphatic carbocycles. The Morgan fingerprint density at radius 3 is 2.50 bits per heavy atom. The number of nitrogens with two attached hydrogens (primary N) is 1. The van der Waals surface area contributed by atoms with Crippen LogP contribution in [0.15, 0.2) is 0 Å². The van der Waals surface area contributed by atoms with Crippen molar-refractivity contribution in [1.29, 1.82) is 0 Å². The molecular weight excluding hydrogens is 178 g/mol. The molecule has 0 saturated carbocycles. The minimum atomic E-state index is 0.580. The van der Waals surface area contributed by atoms with E-state index in [0.717, 1.165) is 12.2 Å². The van der Waals surface area contributed by atoms with Crippen LogP contribution in [0.4, 0.5) is 0 Å². The molecule has 14 heavy (non-hydrogen) atoms. The molecule has 1 rings (SSSR count). The van der Waals surface area contributed by atoms with Gasteiger partial charge in [-0.2, -0.15) is 5.10 Å². The van der Waals surface area contributed by atoms with Gasteiger partial charge >= 0.3 is 0 Å². The summed E-state index contributed by atoms with van der Waals surface area (Å²) >= 11 is 0. The van der Waals surface area contributed by atoms with Crippen LogP contribution in [0.5, 0.6) is 0 Å². The Bertz CT molecular complexity index is 294. The molecule has 1 aromatic heterocycles. The summed E-state index contributed by atoms with van der Waals surface area (Å²) in [4.78, 5) is 0. The van der Waals surface area contributed by atoms with Gasteiger partial charge in [0, 0.05) is 12.2 Å². The monoisotopic (exact) mass is 197 g/mol. The lowest BCUT2D eigenvalue weighted by atomic mass is 10.2. The highest BCUT2D eigenvalue weighted by Crippen LogP contribution is 2.10. The minimum absolute atomic E-state index is 0.580. The van der Waals surface area contributed by atoms with Crippen molar-refractivity contribution in [1.82, 2.24) is 9.78 Å². The standard InChI is InChI=1S/C10H19N3O/c1-8-9(2)12-13(10(8)3)5-7-14-6-4-11/h4-7,11H2,1-3H3. The lowest BCUT2D eigenvalue weighted by molar-refractivity contribution is 0.130. The number of rotatable bonds is 5. The zero-order chi connectivity index (χ0) is 10.6. The van der Waals surface area contributed by atoms with Gasteiger partial charge in [-0.25, -0.2) is 0 Å². The summed E-state index contributed by atoms with van der Waals surface area (Å²) < 4.78 is 7.29. The normalized spacial score (nSPS) is 10.9. The van der Waals surface area contributed by atoms with E-state index in [1.807, 2.05) is 11.6 Å². The third-order valence-corrected chi connectivity index (χ3v) is 2.45. The number of hydrogen-bond acceptors (Lipinski definition) is 3.